The van der Waals surface area contributed by atoms with E-state index in [-0.39, 0.29) is 16.7 Å². The van der Waals surface area contributed by atoms with Crippen LogP contribution in [0.25, 0.3) is 0 Å². The third-order valence-electron chi connectivity index (χ3n) is 3.94. The molecule has 2 heterocycles. The first-order valence-electron chi connectivity index (χ1n) is 7.91. The summed E-state index contributed by atoms with van der Waals surface area (Å²) in [7, 11) is 0. The van der Waals surface area contributed by atoms with E-state index in [1.165, 1.54) is 11.8 Å². The van der Waals surface area contributed by atoms with E-state index in [9.17, 15) is 9.59 Å². The summed E-state index contributed by atoms with van der Waals surface area (Å²) in [5.74, 6) is 1.32. The van der Waals surface area contributed by atoms with Crippen LogP contribution in [-0.4, -0.2) is 21.1 Å². The summed E-state index contributed by atoms with van der Waals surface area (Å²) in [5.41, 5.74) is 3.12. The minimum Gasteiger partial charge on any atom is -0.325 e. The number of aromatic amines is 1. The van der Waals surface area contributed by atoms with Crippen LogP contribution in [0.15, 0.2) is 28.2 Å². The molecule has 1 amide bonds. The van der Waals surface area contributed by atoms with E-state index in [4.69, 9.17) is 11.6 Å². The van der Waals surface area contributed by atoms with Crippen molar-refractivity contribution >= 4 is 46.7 Å². The number of nitrogens with one attached hydrogen (secondary N) is 2. The van der Waals surface area contributed by atoms with Crippen LogP contribution in [0.5, 0.6) is 0 Å². The number of H-pyrrole nitrogens is 1. The Kier molecular flexibility index (Phi) is 5.76. The Morgan fingerprint density at radius 1 is 1.48 bits per heavy atom. The molecule has 0 spiro atoms. The van der Waals surface area contributed by atoms with Crippen molar-refractivity contribution in [2.45, 2.75) is 42.2 Å². The molecule has 1 atom stereocenters. The molecule has 1 aromatic carbocycles. The van der Waals surface area contributed by atoms with Crippen molar-refractivity contribution in [1.29, 1.82) is 0 Å². The fourth-order valence-corrected chi connectivity index (χ4v) is 4.62. The number of halogens is 1. The highest BCUT2D eigenvalue weighted by molar-refractivity contribution is 8.00. The maximum atomic E-state index is 12.6. The molecule has 0 fully saturated rings. The van der Waals surface area contributed by atoms with Crippen LogP contribution in [0.1, 0.15) is 30.2 Å². The number of carbonyl (C=O) groups is 1. The number of benzene rings is 1. The molecule has 132 valence electrons. The largest absolute Gasteiger partial charge is 0.325 e. The Balaban J connectivity index is 1.76. The first-order chi connectivity index (χ1) is 12.0. The second-order valence-electron chi connectivity index (χ2n) is 5.75. The molecule has 1 aromatic heterocycles. The highest BCUT2D eigenvalue weighted by atomic mass is 35.5. The van der Waals surface area contributed by atoms with Crippen LogP contribution >= 0.6 is 35.1 Å². The van der Waals surface area contributed by atoms with Gasteiger partial charge in [0.05, 0.1) is 10.9 Å². The third kappa shape index (κ3) is 4.22. The van der Waals surface area contributed by atoms with Gasteiger partial charge in [-0.25, -0.2) is 4.98 Å². The lowest BCUT2D eigenvalue weighted by atomic mass is 10.2. The van der Waals surface area contributed by atoms with E-state index in [0.29, 0.717) is 28.0 Å². The predicted molar refractivity (Wildman–Crippen MR) is 105 cm³/mol. The van der Waals surface area contributed by atoms with Crippen LogP contribution in [0.2, 0.25) is 5.02 Å². The average molecular weight is 396 g/mol. The molecule has 2 N–H and O–H groups in total. The maximum absolute atomic E-state index is 12.6. The lowest BCUT2D eigenvalue weighted by Crippen LogP contribution is -2.26. The Morgan fingerprint density at radius 3 is 3.04 bits per heavy atom. The Labute approximate surface area is 159 Å². The van der Waals surface area contributed by atoms with Gasteiger partial charge in [0.2, 0.25) is 5.91 Å². The number of carbonyl (C=O) groups excluding carboxylic acids is 1. The van der Waals surface area contributed by atoms with Crippen molar-refractivity contribution in [1.82, 2.24) is 9.97 Å². The molecule has 1 aliphatic heterocycles. The average Bonchev–Trinajstić information content (AvgIpc) is 3.05. The molecular formula is C17H18ClN3O2S2. The summed E-state index contributed by atoms with van der Waals surface area (Å²) < 4.78 is 0. The first kappa shape index (κ1) is 18.4. The van der Waals surface area contributed by atoms with Gasteiger partial charge >= 0.3 is 0 Å². The van der Waals surface area contributed by atoms with Crippen molar-refractivity contribution in [3.05, 3.63) is 50.4 Å². The molecule has 1 unspecified atom stereocenters. The van der Waals surface area contributed by atoms with E-state index in [1.807, 2.05) is 19.9 Å². The maximum Gasteiger partial charge on any atom is 0.255 e. The van der Waals surface area contributed by atoms with E-state index >= 15 is 0 Å². The highest BCUT2D eigenvalue weighted by Crippen LogP contribution is 2.29. The molecule has 8 heteroatoms. The van der Waals surface area contributed by atoms with Crippen molar-refractivity contribution in [2.75, 3.05) is 5.32 Å². The molecular weight excluding hydrogens is 378 g/mol. The topological polar surface area (TPSA) is 74.8 Å². The van der Waals surface area contributed by atoms with Crippen LogP contribution in [-0.2, 0) is 16.3 Å². The second kappa shape index (κ2) is 7.85. The van der Waals surface area contributed by atoms with Crippen LogP contribution in [0.3, 0.4) is 0 Å². The number of hydrogen-bond donors (Lipinski definition) is 2. The third-order valence-corrected chi connectivity index (χ3v) is 6.39. The molecule has 0 saturated heterocycles. The first-order valence-corrected chi connectivity index (χ1v) is 10.3. The lowest BCUT2D eigenvalue weighted by molar-refractivity contribution is -0.115. The zero-order valence-electron chi connectivity index (χ0n) is 13.9. The molecule has 2 aromatic rings. The number of rotatable bonds is 5. The number of amides is 1. The number of aromatic nitrogens is 2. The molecule has 0 aliphatic carbocycles. The van der Waals surface area contributed by atoms with Crippen LogP contribution in [0, 0.1) is 6.92 Å². The van der Waals surface area contributed by atoms with Gasteiger partial charge in [-0.05, 0) is 31.0 Å². The van der Waals surface area contributed by atoms with Gasteiger partial charge in [0.15, 0.2) is 5.16 Å². The van der Waals surface area contributed by atoms with E-state index in [0.717, 1.165) is 22.6 Å². The van der Waals surface area contributed by atoms with Crippen molar-refractivity contribution < 1.29 is 4.79 Å². The molecule has 0 radical (unpaired) electrons. The Bertz CT molecular complexity index is 869. The van der Waals surface area contributed by atoms with Gasteiger partial charge in [-0.3, -0.25) is 9.59 Å². The van der Waals surface area contributed by atoms with Gasteiger partial charge in [-0.1, -0.05) is 36.4 Å². The minimum atomic E-state index is -0.353. The van der Waals surface area contributed by atoms with Crippen molar-refractivity contribution in [3.8, 4) is 0 Å². The summed E-state index contributed by atoms with van der Waals surface area (Å²) in [6, 6.07) is 5.39. The van der Waals surface area contributed by atoms with Crippen molar-refractivity contribution in [2.24, 2.45) is 0 Å². The Morgan fingerprint density at radius 2 is 2.28 bits per heavy atom. The van der Waals surface area contributed by atoms with E-state index < -0.39 is 0 Å². The molecule has 0 saturated carbocycles. The number of aryl methyl sites for hydroxylation is 1. The number of anilines is 1. The predicted octanol–water partition coefficient (Wildman–Crippen LogP) is 3.99. The Hall–Kier alpha value is -1.44. The number of fused-ring (bicyclic) bond motifs is 1. The molecule has 3 rings (SSSR count). The van der Waals surface area contributed by atoms with Gasteiger partial charge in [0.1, 0.15) is 0 Å². The van der Waals surface area contributed by atoms with Crippen molar-refractivity contribution in [3.63, 3.8) is 0 Å². The summed E-state index contributed by atoms with van der Waals surface area (Å²) in [5, 5.41) is 3.64. The highest BCUT2D eigenvalue weighted by Gasteiger charge is 2.23. The van der Waals surface area contributed by atoms with Gasteiger partial charge in [-0.2, -0.15) is 11.8 Å². The fourth-order valence-electron chi connectivity index (χ4n) is 2.49. The molecule has 0 bridgehead atoms. The smallest absolute Gasteiger partial charge is 0.255 e. The normalized spacial score (nSPS) is 14.2. The summed E-state index contributed by atoms with van der Waals surface area (Å²) in [6.45, 7) is 3.85. The molecule has 25 heavy (non-hydrogen) atoms. The van der Waals surface area contributed by atoms with Gasteiger partial charge in [0, 0.05) is 27.8 Å². The lowest BCUT2D eigenvalue weighted by Gasteiger charge is -2.15. The molecule has 1 aliphatic rings. The monoisotopic (exact) mass is 395 g/mol. The minimum absolute atomic E-state index is 0.0987. The van der Waals surface area contributed by atoms with Gasteiger partial charge in [-0.15, -0.1) is 0 Å². The zero-order valence-corrected chi connectivity index (χ0v) is 16.3. The van der Waals surface area contributed by atoms with Crippen LogP contribution in [0.4, 0.5) is 5.69 Å². The quantitative estimate of drug-likeness (QED) is 0.591. The zero-order chi connectivity index (χ0) is 18.0. The number of hydrogen-bond acceptors (Lipinski definition) is 5. The SMILES string of the molecule is CCC(Sc1nc2c(c(=O)[nH]1)CSC2)C(=O)Nc1cc(Cl)ccc1C. The second-order valence-corrected chi connectivity index (χ2v) is 8.37. The van der Waals surface area contributed by atoms with E-state index in [1.54, 1.807) is 23.9 Å². The fraction of sp³-hybridized carbons (Fsp3) is 0.353. The van der Waals surface area contributed by atoms with E-state index in [2.05, 4.69) is 15.3 Å². The number of nitrogens with zero attached hydrogens (tertiary/aromatic N) is 1. The summed E-state index contributed by atoms with van der Waals surface area (Å²) in [6.07, 6.45) is 0.617. The summed E-state index contributed by atoms with van der Waals surface area (Å²) >= 11 is 8.97. The molecule has 5 nitrogen and oxygen atoms in total. The van der Waals surface area contributed by atoms with Gasteiger partial charge < -0.3 is 10.3 Å². The van der Waals surface area contributed by atoms with Gasteiger partial charge in [0.25, 0.3) is 5.56 Å². The standard InChI is InChI=1S/C17H18ClN3O2S2/c1-3-14(16(23)19-12-6-10(18)5-4-9(12)2)25-17-20-13-8-24-7-11(13)15(22)21-17/h4-6,14H,3,7-8H2,1-2H3,(H,19,23)(H,20,21,22). The number of thioether (sulfide) groups is 2. The summed E-state index contributed by atoms with van der Waals surface area (Å²) in [4.78, 5) is 32.0. The van der Waals surface area contributed by atoms with Crippen LogP contribution < -0.4 is 10.9 Å².